The predicted octanol–water partition coefficient (Wildman–Crippen LogP) is 4.45. The van der Waals surface area contributed by atoms with Crippen molar-refractivity contribution >= 4 is 39.3 Å². The molecule has 0 aliphatic carbocycles. The number of hydrogen-bond acceptors (Lipinski definition) is 4. The summed E-state index contributed by atoms with van der Waals surface area (Å²) in [4.78, 5) is 12.3. The molecule has 0 saturated carbocycles. The second-order valence-corrected chi connectivity index (χ2v) is 6.46. The van der Waals surface area contributed by atoms with Crippen LogP contribution in [0.2, 0.25) is 0 Å². The molecule has 1 N–H and O–H groups in total. The Balaban J connectivity index is 2.11. The van der Waals surface area contributed by atoms with Crippen LogP contribution in [0.1, 0.15) is 21.5 Å². The number of halogens is 1. The van der Waals surface area contributed by atoms with E-state index in [0.29, 0.717) is 11.1 Å². The smallest absolute Gasteiger partial charge is 0.336 e. The van der Waals surface area contributed by atoms with Gasteiger partial charge in [0.05, 0.1) is 10.3 Å². The molecule has 1 heterocycles. The number of carboxylic acid groups (broad SMARTS) is 1. The summed E-state index contributed by atoms with van der Waals surface area (Å²) in [6.45, 7) is 0. The van der Waals surface area contributed by atoms with Gasteiger partial charge in [-0.25, -0.2) is 9.18 Å². The molecule has 3 rings (SSSR count). The first-order valence-electron chi connectivity index (χ1n) is 6.52. The lowest BCUT2D eigenvalue weighted by molar-refractivity contribution is 0.0696. The van der Waals surface area contributed by atoms with Crippen molar-refractivity contribution in [3.05, 3.63) is 59.0 Å². The average molecular weight is 333 g/mol. The second-order valence-electron chi connectivity index (χ2n) is 4.78. The number of nitrogens with zero attached hydrogens (tertiary/aromatic N) is 1. The molecule has 0 aliphatic rings. The van der Waals surface area contributed by atoms with Gasteiger partial charge in [0.2, 0.25) is 0 Å². The summed E-state index contributed by atoms with van der Waals surface area (Å²) in [6.07, 6.45) is 3.82. The zero-order valence-electron chi connectivity index (χ0n) is 11.7. The number of thioether (sulfide) groups is 1. The van der Waals surface area contributed by atoms with Gasteiger partial charge in [-0.05, 0) is 47.1 Å². The lowest BCUT2D eigenvalue weighted by Crippen LogP contribution is -2.04. The van der Waals surface area contributed by atoms with Crippen molar-refractivity contribution in [1.82, 2.24) is 4.37 Å². The Kier molecular flexibility index (Phi) is 4.13. The van der Waals surface area contributed by atoms with Crippen LogP contribution < -0.4 is 0 Å². The molecular formula is C16H12FNO2S2. The molecule has 0 saturated heterocycles. The van der Waals surface area contributed by atoms with E-state index in [2.05, 4.69) is 4.37 Å². The van der Waals surface area contributed by atoms with E-state index in [1.165, 1.54) is 29.4 Å². The van der Waals surface area contributed by atoms with E-state index < -0.39 is 5.97 Å². The van der Waals surface area contributed by atoms with Crippen LogP contribution in [0.15, 0.2) is 41.4 Å². The summed E-state index contributed by atoms with van der Waals surface area (Å²) in [6, 6.07) is 8.33. The molecule has 2 aromatic carbocycles. The molecule has 0 aliphatic heterocycles. The Morgan fingerprint density at radius 3 is 2.86 bits per heavy atom. The van der Waals surface area contributed by atoms with Crippen molar-refractivity contribution in [3.63, 3.8) is 0 Å². The Morgan fingerprint density at radius 2 is 2.18 bits per heavy atom. The molecule has 0 atom stereocenters. The zero-order chi connectivity index (χ0) is 15.7. The van der Waals surface area contributed by atoms with Crippen molar-refractivity contribution in [2.45, 2.75) is 11.3 Å². The fraction of sp³-hybridized carbons (Fsp3) is 0.125. The van der Waals surface area contributed by atoms with Gasteiger partial charge in [0.25, 0.3) is 0 Å². The average Bonchev–Trinajstić information content (AvgIpc) is 2.98. The molecule has 1 aromatic heterocycles. The Bertz CT molecular complexity index is 860. The van der Waals surface area contributed by atoms with Gasteiger partial charge < -0.3 is 5.11 Å². The Morgan fingerprint density at radius 1 is 1.36 bits per heavy atom. The van der Waals surface area contributed by atoms with E-state index in [1.54, 1.807) is 24.4 Å². The van der Waals surface area contributed by atoms with Crippen LogP contribution in [-0.4, -0.2) is 21.7 Å². The van der Waals surface area contributed by atoms with Crippen LogP contribution in [0.3, 0.4) is 0 Å². The minimum absolute atomic E-state index is 0.199. The molecule has 0 radical (unpaired) electrons. The van der Waals surface area contributed by atoms with E-state index in [-0.39, 0.29) is 17.8 Å². The van der Waals surface area contributed by atoms with Gasteiger partial charge in [-0.3, -0.25) is 0 Å². The van der Waals surface area contributed by atoms with Gasteiger partial charge in [-0.1, -0.05) is 12.1 Å². The normalized spacial score (nSPS) is 11.0. The summed E-state index contributed by atoms with van der Waals surface area (Å²) < 4.78 is 19.1. The largest absolute Gasteiger partial charge is 0.478 e. The quantitative estimate of drug-likeness (QED) is 0.717. The number of aromatic nitrogens is 1. The molecule has 0 bridgehead atoms. The molecule has 6 heteroatoms. The third-order valence-electron chi connectivity index (χ3n) is 3.48. The fourth-order valence-electron chi connectivity index (χ4n) is 2.36. The lowest BCUT2D eigenvalue weighted by Gasteiger charge is -2.09. The molecular weight excluding hydrogens is 321 g/mol. The number of benzene rings is 2. The minimum atomic E-state index is -1.01. The molecule has 3 aromatic rings. The number of hydrogen-bond donors (Lipinski definition) is 1. The number of carboxylic acids is 1. The first-order valence-corrected chi connectivity index (χ1v) is 8.52. The van der Waals surface area contributed by atoms with E-state index in [1.807, 2.05) is 12.3 Å². The summed E-state index contributed by atoms with van der Waals surface area (Å²) in [5.41, 5.74) is 1.30. The van der Waals surface area contributed by atoms with Crippen LogP contribution in [0, 0.1) is 5.82 Å². The zero-order valence-corrected chi connectivity index (χ0v) is 13.3. The highest BCUT2D eigenvalue weighted by molar-refractivity contribution is 7.98. The monoisotopic (exact) mass is 333 g/mol. The summed E-state index contributed by atoms with van der Waals surface area (Å²) in [7, 11) is 0. The van der Waals surface area contributed by atoms with Crippen molar-refractivity contribution in [1.29, 1.82) is 0 Å². The van der Waals surface area contributed by atoms with Crippen LogP contribution in [-0.2, 0) is 6.42 Å². The fourth-order valence-corrected chi connectivity index (χ4v) is 3.57. The van der Waals surface area contributed by atoms with Crippen molar-refractivity contribution in [3.8, 4) is 0 Å². The summed E-state index contributed by atoms with van der Waals surface area (Å²) >= 11 is 2.71. The first-order chi connectivity index (χ1) is 10.6. The third-order valence-corrected chi connectivity index (χ3v) is 5.09. The van der Waals surface area contributed by atoms with Gasteiger partial charge >= 0.3 is 5.97 Å². The van der Waals surface area contributed by atoms with Crippen LogP contribution in [0.4, 0.5) is 4.39 Å². The Labute approximate surface area is 135 Å². The SMILES string of the molecule is CSc1ccc(Cc2c(C(=O)O)ccc3cnsc23)c(F)c1. The van der Waals surface area contributed by atoms with Gasteiger partial charge in [0.15, 0.2) is 0 Å². The van der Waals surface area contributed by atoms with Crippen LogP contribution in [0.25, 0.3) is 10.1 Å². The molecule has 0 fully saturated rings. The summed E-state index contributed by atoms with van der Waals surface area (Å²) in [5, 5.41) is 10.3. The maximum Gasteiger partial charge on any atom is 0.336 e. The van der Waals surface area contributed by atoms with Crippen molar-refractivity contribution < 1.29 is 14.3 Å². The third kappa shape index (κ3) is 2.71. The number of aromatic carboxylic acids is 1. The van der Waals surface area contributed by atoms with E-state index in [4.69, 9.17) is 0 Å². The van der Waals surface area contributed by atoms with Crippen LogP contribution >= 0.6 is 23.3 Å². The predicted molar refractivity (Wildman–Crippen MR) is 87.6 cm³/mol. The van der Waals surface area contributed by atoms with Crippen LogP contribution in [0.5, 0.6) is 0 Å². The summed E-state index contributed by atoms with van der Waals surface area (Å²) in [5.74, 6) is -1.32. The van der Waals surface area contributed by atoms with Gasteiger partial charge in [-0.15, -0.1) is 11.8 Å². The number of fused-ring (bicyclic) bond motifs is 1. The highest BCUT2D eigenvalue weighted by atomic mass is 32.2. The molecule has 3 nitrogen and oxygen atoms in total. The standard InChI is InChI=1S/C16H12FNO2S2/c1-21-11-4-2-9(14(17)7-11)6-13-12(16(19)20)5-3-10-8-18-22-15(10)13/h2-5,7-8H,6H2,1H3,(H,19,20). The van der Waals surface area contributed by atoms with E-state index in [9.17, 15) is 14.3 Å². The first kappa shape index (κ1) is 15.0. The second kappa shape index (κ2) is 6.06. The minimum Gasteiger partial charge on any atom is -0.478 e. The van der Waals surface area contributed by atoms with Crippen molar-refractivity contribution in [2.24, 2.45) is 0 Å². The van der Waals surface area contributed by atoms with Crippen molar-refractivity contribution in [2.75, 3.05) is 6.26 Å². The lowest BCUT2D eigenvalue weighted by atomic mass is 9.98. The maximum absolute atomic E-state index is 14.2. The van der Waals surface area contributed by atoms with Gasteiger partial charge in [-0.2, -0.15) is 4.37 Å². The molecule has 0 amide bonds. The van der Waals surface area contributed by atoms with Gasteiger partial charge in [0.1, 0.15) is 5.82 Å². The van der Waals surface area contributed by atoms with E-state index >= 15 is 0 Å². The number of carbonyl (C=O) groups is 1. The van der Waals surface area contributed by atoms with E-state index in [0.717, 1.165) is 15.0 Å². The molecule has 0 unspecified atom stereocenters. The number of rotatable bonds is 4. The highest BCUT2D eigenvalue weighted by Crippen LogP contribution is 2.29. The van der Waals surface area contributed by atoms with Gasteiger partial charge in [0, 0.05) is 22.9 Å². The topological polar surface area (TPSA) is 50.2 Å². The molecule has 112 valence electrons. The maximum atomic E-state index is 14.2. The molecule has 22 heavy (non-hydrogen) atoms. The Hall–Kier alpha value is -1.92. The molecule has 0 spiro atoms. The highest BCUT2D eigenvalue weighted by Gasteiger charge is 2.17.